The molecule has 3 fully saturated rings. The number of carbonyl (C=O) groups is 3. The Morgan fingerprint density at radius 2 is 1.45 bits per heavy atom. The number of hydrogen-bond donors (Lipinski definition) is 5. The minimum Gasteiger partial charge on any atom is -0.475 e. The van der Waals surface area contributed by atoms with Gasteiger partial charge in [-0.3, -0.25) is 14.5 Å². The first-order valence-electron chi connectivity index (χ1n) is 19.4. The van der Waals surface area contributed by atoms with Gasteiger partial charge >= 0.3 is 42.6 Å². The third kappa shape index (κ3) is 14.6. The van der Waals surface area contributed by atoms with Gasteiger partial charge in [0.1, 0.15) is 23.6 Å². The van der Waals surface area contributed by atoms with Crippen molar-refractivity contribution in [3.63, 3.8) is 0 Å². The molecule has 5 N–H and O–H groups in total. The van der Waals surface area contributed by atoms with Crippen molar-refractivity contribution in [1.82, 2.24) is 44.5 Å². The van der Waals surface area contributed by atoms with Crippen LogP contribution in [0.1, 0.15) is 56.5 Å². The van der Waals surface area contributed by atoms with E-state index >= 15 is 0 Å². The Hall–Kier alpha value is -6.35. The average molecular weight is 979 g/mol. The fourth-order valence-corrected chi connectivity index (χ4v) is 7.22. The molecule has 0 unspecified atom stereocenters. The number of nitrogens with zero attached hydrogens (tertiary/aromatic N) is 9. The number of aromatic nitrogens is 7. The molecule has 4 aromatic heterocycles. The Labute approximate surface area is 368 Å². The second kappa shape index (κ2) is 21.5. The molecule has 2 saturated heterocycles. The minimum absolute atomic E-state index is 0.0398. The summed E-state index contributed by atoms with van der Waals surface area (Å²) < 4.78 is 144. The molecule has 18 nitrogen and oxygen atoms in total. The van der Waals surface area contributed by atoms with E-state index in [0.29, 0.717) is 38.9 Å². The van der Waals surface area contributed by atoms with Gasteiger partial charge in [-0.2, -0.15) is 68.0 Å². The lowest BCUT2D eigenvalue weighted by atomic mass is 9.82. The average Bonchev–Trinajstić information content (AvgIpc) is 4.01. The fraction of sp³-hybridized carbons (Fsp3) is 0.541. The predicted molar refractivity (Wildman–Crippen MR) is 200 cm³/mol. The highest BCUT2D eigenvalue weighted by Crippen LogP contribution is 2.39. The summed E-state index contributed by atoms with van der Waals surface area (Å²) in [4.78, 5) is 50.3. The number of ether oxygens (including phenoxy) is 1. The van der Waals surface area contributed by atoms with Crippen molar-refractivity contribution >= 4 is 28.9 Å². The molecule has 1 aliphatic carbocycles. The van der Waals surface area contributed by atoms with Crippen LogP contribution >= 0.6 is 0 Å². The second-order valence-electron chi connectivity index (χ2n) is 15.0. The van der Waals surface area contributed by atoms with Crippen molar-refractivity contribution in [2.45, 2.75) is 99.9 Å². The molecule has 4 aromatic rings. The molecule has 368 valence electrons. The highest BCUT2D eigenvalue weighted by atomic mass is 19.4. The number of likely N-dealkylation sites (tertiary alicyclic amines) is 2. The van der Waals surface area contributed by atoms with Crippen molar-refractivity contribution < 1.29 is 92.2 Å². The van der Waals surface area contributed by atoms with E-state index < -0.39 is 54.0 Å². The van der Waals surface area contributed by atoms with Crippen LogP contribution in [0.15, 0.2) is 37.1 Å². The van der Waals surface area contributed by atoms with Gasteiger partial charge in [-0.05, 0) is 51.1 Å². The number of aliphatic carboxylic acids is 3. The summed E-state index contributed by atoms with van der Waals surface area (Å²) in [5.41, 5.74) is 2.18. The minimum atomic E-state index is -5.08. The lowest BCUT2D eigenvalue weighted by molar-refractivity contribution is -0.193. The quantitative estimate of drug-likeness (QED) is 0.124. The summed E-state index contributed by atoms with van der Waals surface area (Å²) in [6.45, 7) is 2.21. The summed E-state index contributed by atoms with van der Waals surface area (Å²) in [6, 6.07) is 5.97. The first-order chi connectivity index (χ1) is 31.1. The van der Waals surface area contributed by atoms with Gasteiger partial charge in [0, 0.05) is 61.1 Å². The van der Waals surface area contributed by atoms with E-state index in [9.17, 15) is 63.1 Å². The molecule has 0 radical (unpaired) electrons. The number of carboxylic acids is 3. The monoisotopic (exact) mass is 978 g/mol. The van der Waals surface area contributed by atoms with Crippen LogP contribution in [0.2, 0.25) is 0 Å². The molecular formula is C37H38F12N10O8. The van der Waals surface area contributed by atoms with Gasteiger partial charge in [-0.1, -0.05) is 0 Å². The molecule has 0 aromatic carbocycles. The van der Waals surface area contributed by atoms with E-state index in [1.54, 1.807) is 6.20 Å². The molecular weight excluding hydrogens is 940 g/mol. The molecule has 3 aliphatic rings. The van der Waals surface area contributed by atoms with Crippen molar-refractivity contribution in [2.75, 3.05) is 26.2 Å². The topological polar surface area (TPSA) is 257 Å². The molecule has 0 amide bonds. The van der Waals surface area contributed by atoms with Crippen LogP contribution in [0.4, 0.5) is 52.7 Å². The smallest absolute Gasteiger partial charge is 0.475 e. The van der Waals surface area contributed by atoms with Crippen molar-refractivity contribution in [2.24, 2.45) is 0 Å². The fourth-order valence-electron chi connectivity index (χ4n) is 7.22. The standard InChI is InChI=1S/C31H35F3N10O2.3C2HF3O2/c32-31(33,34)29-40-21(15-42-11-1-2-23(42)16-45)12-26(41-29)46-24-5-3-22(4-6-24)43-17-30(18-43,8-9-35)44-14-20(13-39-44)27-25-7-10-36-28(25)38-19-37-27;3*3-2(4,5)1(6)7/h7,10,12-14,19,22-24,45H,1-6,8,11,15-18H2,(H,36,37,38);3*(H,6,7)/t22?,23-,24?;;;/m0.../s1. The third-order valence-electron chi connectivity index (χ3n) is 10.4. The summed E-state index contributed by atoms with van der Waals surface area (Å²) in [5.74, 6) is -9.54. The molecule has 67 heavy (non-hydrogen) atoms. The van der Waals surface area contributed by atoms with Crippen molar-refractivity contribution in [1.29, 1.82) is 5.26 Å². The van der Waals surface area contributed by atoms with Gasteiger partial charge in [-0.15, -0.1) is 0 Å². The van der Waals surface area contributed by atoms with Crippen LogP contribution in [0.25, 0.3) is 22.3 Å². The number of carboxylic acid groups (broad SMARTS) is 3. The Morgan fingerprint density at radius 1 is 0.866 bits per heavy atom. The maximum absolute atomic E-state index is 13.7. The number of alkyl halides is 12. The number of H-pyrrole nitrogens is 1. The lowest BCUT2D eigenvalue weighted by Crippen LogP contribution is -2.65. The molecule has 1 saturated carbocycles. The maximum Gasteiger partial charge on any atom is 0.490 e. The van der Waals surface area contributed by atoms with E-state index in [1.165, 1.54) is 12.4 Å². The van der Waals surface area contributed by atoms with Crippen molar-refractivity contribution in [3.05, 3.63) is 48.6 Å². The molecule has 0 spiro atoms. The zero-order valence-corrected chi connectivity index (χ0v) is 34.2. The molecule has 30 heteroatoms. The van der Waals surface area contributed by atoms with Gasteiger partial charge in [0.15, 0.2) is 0 Å². The first kappa shape index (κ1) is 53.3. The molecule has 1 atom stereocenters. The number of nitrogens with one attached hydrogen (secondary N) is 1. The number of aliphatic hydroxyl groups excluding tert-OH is 1. The van der Waals surface area contributed by atoms with E-state index in [2.05, 4.69) is 41.0 Å². The van der Waals surface area contributed by atoms with Crippen LogP contribution in [-0.4, -0.2) is 146 Å². The summed E-state index contributed by atoms with van der Waals surface area (Å²) in [6.07, 6.45) is -8.13. The van der Waals surface area contributed by atoms with Gasteiger partial charge in [0.2, 0.25) is 11.7 Å². The predicted octanol–water partition coefficient (Wildman–Crippen LogP) is 5.80. The van der Waals surface area contributed by atoms with Crippen LogP contribution in [0, 0.1) is 11.3 Å². The van der Waals surface area contributed by atoms with Gasteiger partial charge < -0.3 is 30.1 Å². The van der Waals surface area contributed by atoms with Gasteiger partial charge in [0.05, 0.1) is 36.7 Å². The van der Waals surface area contributed by atoms with Crippen LogP contribution in [0.3, 0.4) is 0 Å². The molecule has 6 heterocycles. The Bertz CT molecular complexity index is 2290. The number of nitriles is 1. The summed E-state index contributed by atoms with van der Waals surface area (Å²) in [5, 5.41) is 46.2. The highest BCUT2D eigenvalue weighted by molar-refractivity contribution is 5.90. The third-order valence-corrected chi connectivity index (χ3v) is 10.4. The van der Waals surface area contributed by atoms with E-state index in [0.717, 1.165) is 48.0 Å². The van der Waals surface area contributed by atoms with Gasteiger partial charge in [-0.25, -0.2) is 29.3 Å². The molecule has 2 aliphatic heterocycles. The number of rotatable bonds is 9. The number of hydrogen-bond acceptors (Lipinski definition) is 13. The Balaban J connectivity index is 0.000000389. The summed E-state index contributed by atoms with van der Waals surface area (Å²) >= 11 is 0. The number of aliphatic hydroxyl groups is 1. The summed E-state index contributed by atoms with van der Waals surface area (Å²) in [7, 11) is 0. The molecule has 7 rings (SSSR count). The molecule has 0 bridgehead atoms. The largest absolute Gasteiger partial charge is 0.490 e. The maximum atomic E-state index is 13.7. The van der Waals surface area contributed by atoms with Crippen LogP contribution in [0.5, 0.6) is 5.88 Å². The number of aromatic amines is 1. The highest BCUT2D eigenvalue weighted by Gasteiger charge is 2.48. The number of fused-ring (bicyclic) bond motifs is 1. The van der Waals surface area contributed by atoms with Crippen LogP contribution < -0.4 is 4.74 Å². The van der Waals surface area contributed by atoms with E-state index in [1.807, 2.05) is 28.0 Å². The SMILES string of the molecule is N#CCC1(n2cc(-c3ncnc4[nH]ccc34)cn2)CN(C2CCC(Oc3cc(CN4CCC[C@H]4CO)nc(C(F)(F)F)n3)CC2)C1.O=C(O)C(F)(F)F.O=C(O)C(F)(F)F.O=C(O)C(F)(F)F. The second-order valence-corrected chi connectivity index (χ2v) is 15.0. The lowest BCUT2D eigenvalue weighted by Gasteiger charge is -2.53. The van der Waals surface area contributed by atoms with E-state index in [-0.39, 0.29) is 42.9 Å². The van der Waals surface area contributed by atoms with Crippen molar-refractivity contribution in [3.8, 4) is 23.2 Å². The van der Waals surface area contributed by atoms with E-state index in [4.69, 9.17) is 34.4 Å². The zero-order valence-electron chi connectivity index (χ0n) is 34.2. The first-order valence-corrected chi connectivity index (χ1v) is 19.4. The normalized spacial score (nSPS) is 19.9. The Morgan fingerprint density at radius 3 is 1.97 bits per heavy atom. The zero-order chi connectivity index (χ0) is 50.1. The Kier molecular flexibility index (Phi) is 17.1. The van der Waals surface area contributed by atoms with Crippen LogP contribution in [-0.2, 0) is 32.6 Å². The number of halogens is 12. The van der Waals surface area contributed by atoms with Gasteiger partial charge in [0.25, 0.3) is 0 Å².